The maximum Gasteiger partial charge on any atom is 0.257 e. The Labute approximate surface area is 174 Å². The van der Waals surface area contributed by atoms with Crippen LogP contribution in [0.3, 0.4) is 0 Å². The zero-order valence-electron chi connectivity index (χ0n) is 16.8. The van der Waals surface area contributed by atoms with Gasteiger partial charge < -0.3 is 14.8 Å². The van der Waals surface area contributed by atoms with E-state index < -0.39 is 0 Å². The minimum Gasteiger partial charge on any atom is -0.341 e. The van der Waals surface area contributed by atoms with Crippen LogP contribution in [0.5, 0.6) is 0 Å². The molecule has 0 spiro atoms. The third kappa shape index (κ3) is 3.30. The molecule has 3 aromatic heterocycles. The van der Waals surface area contributed by atoms with Gasteiger partial charge in [-0.05, 0) is 37.6 Å². The van der Waals surface area contributed by atoms with Gasteiger partial charge in [0.05, 0.1) is 28.5 Å². The number of carbonyl (C=O) groups is 1. The zero-order chi connectivity index (χ0) is 20.5. The lowest BCUT2D eigenvalue weighted by Crippen LogP contribution is -2.35. The maximum absolute atomic E-state index is 13.2. The molecule has 0 bridgehead atoms. The van der Waals surface area contributed by atoms with Crippen LogP contribution in [0, 0.1) is 6.92 Å². The second kappa shape index (κ2) is 7.62. The Kier molecular flexibility index (Phi) is 4.66. The average Bonchev–Trinajstić information content (AvgIpc) is 3.29. The summed E-state index contributed by atoms with van der Waals surface area (Å²) in [4.78, 5) is 29.8. The molecule has 1 amide bonds. The molecule has 152 valence electrons. The Morgan fingerprint density at radius 2 is 1.90 bits per heavy atom. The second-order valence-electron chi connectivity index (χ2n) is 7.45. The Hall–Kier alpha value is -3.68. The number of anilines is 1. The van der Waals surface area contributed by atoms with Crippen LogP contribution in [0.4, 0.5) is 5.95 Å². The number of fused-ring (bicyclic) bond motifs is 1. The minimum atomic E-state index is 0.0149. The fraction of sp³-hybridized carbons (Fsp3) is 0.273. The van der Waals surface area contributed by atoms with Gasteiger partial charge in [0.15, 0.2) is 5.82 Å². The highest BCUT2D eigenvalue weighted by Gasteiger charge is 2.25. The molecule has 1 saturated heterocycles. The number of aromatic nitrogens is 5. The number of nitrogens with one attached hydrogen (secondary N) is 1. The number of rotatable bonds is 3. The monoisotopic (exact) mass is 401 g/mol. The molecule has 8 nitrogen and oxygen atoms in total. The van der Waals surface area contributed by atoms with Gasteiger partial charge in [-0.2, -0.15) is 5.10 Å². The smallest absolute Gasteiger partial charge is 0.257 e. The molecule has 0 atom stereocenters. The van der Waals surface area contributed by atoms with Crippen molar-refractivity contribution in [3.05, 3.63) is 66.1 Å². The third-order valence-corrected chi connectivity index (χ3v) is 5.57. The topological polar surface area (TPSA) is 82.9 Å². The van der Waals surface area contributed by atoms with E-state index in [0.29, 0.717) is 24.5 Å². The molecule has 4 heterocycles. The van der Waals surface area contributed by atoms with Gasteiger partial charge in [-0.3, -0.25) is 4.79 Å². The van der Waals surface area contributed by atoms with Crippen LogP contribution in [0.1, 0.15) is 22.5 Å². The third-order valence-electron chi connectivity index (χ3n) is 5.57. The summed E-state index contributed by atoms with van der Waals surface area (Å²) in [7, 11) is 0. The molecule has 1 aliphatic rings. The lowest BCUT2D eigenvalue weighted by atomic mass is 10.2. The van der Waals surface area contributed by atoms with Crippen molar-refractivity contribution >= 4 is 22.9 Å². The SMILES string of the molecule is Cc1c(C(=O)N2CCCN(c3nc4ccccc4[nH]3)CC2)cnn1-c1ccccn1. The fourth-order valence-corrected chi connectivity index (χ4v) is 3.92. The van der Waals surface area contributed by atoms with Crippen LogP contribution in [-0.2, 0) is 0 Å². The Morgan fingerprint density at radius 3 is 2.73 bits per heavy atom. The fourth-order valence-electron chi connectivity index (χ4n) is 3.92. The number of nitrogens with zero attached hydrogens (tertiary/aromatic N) is 6. The minimum absolute atomic E-state index is 0.0149. The molecule has 5 rings (SSSR count). The summed E-state index contributed by atoms with van der Waals surface area (Å²) >= 11 is 0. The molecular formula is C22H23N7O. The lowest BCUT2D eigenvalue weighted by Gasteiger charge is -2.21. The van der Waals surface area contributed by atoms with E-state index in [2.05, 4.69) is 20.0 Å². The summed E-state index contributed by atoms with van der Waals surface area (Å²) in [6.07, 6.45) is 4.25. The summed E-state index contributed by atoms with van der Waals surface area (Å²) in [5.41, 5.74) is 3.42. The van der Waals surface area contributed by atoms with Crippen molar-refractivity contribution in [2.24, 2.45) is 0 Å². The van der Waals surface area contributed by atoms with Crippen molar-refractivity contribution in [3.63, 3.8) is 0 Å². The molecule has 0 saturated carbocycles. The van der Waals surface area contributed by atoms with Crippen molar-refractivity contribution in [2.45, 2.75) is 13.3 Å². The molecule has 0 unspecified atom stereocenters. The lowest BCUT2D eigenvalue weighted by molar-refractivity contribution is 0.0766. The molecule has 1 aromatic carbocycles. The molecule has 0 aliphatic carbocycles. The van der Waals surface area contributed by atoms with E-state index in [1.807, 2.05) is 54.3 Å². The number of amides is 1. The first-order valence-corrected chi connectivity index (χ1v) is 10.2. The number of aromatic amines is 1. The molecule has 1 N–H and O–H groups in total. The summed E-state index contributed by atoms with van der Waals surface area (Å²) < 4.78 is 1.71. The van der Waals surface area contributed by atoms with Crippen LogP contribution in [-0.4, -0.2) is 61.7 Å². The van der Waals surface area contributed by atoms with Crippen LogP contribution in [0.25, 0.3) is 16.9 Å². The summed E-state index contributed by atoms with van der Waals surface area (Å²) in [5, 5.41) is 4.39. The molecule has 4 aromatic rings. The first-order chi connectivity index (χ1) is 14.7. The Morgan fingerprint density at radius 1 is 1.03 bits per heavy atom. The predicted octanol–water partition coefficient (Wildman–Crippen LogP) is 2.80. The van der Waals surface area contributed by atoms with Crippen molar-refractivity contribution < 1.29 is 4.79 Å². The van der Waals surface area contributed by atoms with Crippen LogP contribution in [0.15, 0.2) is 54.9 Å². The van der Waals surface area contributed by atoms with Gasteiger partial charge in [0.2, 0.25) is 5.95 Å². The number of hydrogen-bond donors (Lipinski definition) is 1. The predicted molar refractivity (Wildman–Crippen MR) is 115 cm³/mol. The van der Waals surface area contributed by atoms with Gasteiger partial charge >= 0.3 is 0 Å². The largest absolute Gasteiger partial charge is 0.341 e. The van der Waals surface area contributed by atoms with Crippen molar-refractivity contribution in [1.29, 1.82) is 0 Å². The van der Waals surface area contributed by atoms with E-state index in [4.69, 9.17) is 4.98 Å². The van der Waals surface area contributed by atoms with E-state index in [9.17, 15) is 4.79 Å². The average molecular weight is 401 g/mol. The van der Waals surface area contributed by atoms with E-state index in [1.165, 1.54) is 0 Å². The molecule has 0 radical (unpaired) electrons. The second-order valence-corrected chi connectivity index (χ2v) is 7.45. The molecule has 1 fully saturated rings. The molecular weight excluding hydrogens is 378 g/mol. The summed E-state index contributed by atoms with van der Waals surface area (Å²) in [5.74, 6) is 1.59. The maximum atomic E-state index is 13.2. The number of carbonyl (C=O) groups excluding carboxylic acids is 1. The Bertz CT molecular complexity index is 1150. The van der Waals surface area contributed by atoms with Crippen LogP contribution < -0.4 is 4.90 Å². The normalized spacial score (nSPS) is 14.8. The summed E-state index contributed by atoms with van der Waals surface area (Å²) in [6, 6.07) is 13.7. The van der Waals surface area contributed by atoms with E-state index in [1.54, 1.807) is 17.1 Å². The number of H-pyrrole nitrogens is 1. The van der Waals surface area contributed by atoms with Gasteiger partial charge in [0, 0.05) is 32.4 Å². The highest BCUT2D eigenvalue weighted by molar-refractivity contribution is 5.95. The van der Waals surface area contributed by atoms with Gasteiger partial charge in [-0.1, -0.05) is 18.2 Å². The highest BCUT2D eigenvalue weighted by Crippen LogP contribution is 2.20. The van der Waals surface area contributed by atoms with Gasteiger partial charge in [0.25, 0.3) is 5.91 Å². The standard InChI is InChI=1S/C22H23N7O/c1-16-17(15-24-29(16)20-9-4-5-10-23-20)21(30)27-11-6-12-28(14-13-27)22-25-18-7-2-3-8-19(18)26-22/h2-5,7-10,15H,6,11-14H2,1H3,(H,25,26). The zero-order valence-corrected chi connectivity index (χ0v) is 16.8. The van der Waals surface area contributed by atoms with Crippen LogP contribution >= 0.6 is 0 Å². The summed E-state index contributed by atoms with van der Waals surface area (Å²) in [6.45, 7) is 4.86. The van der Waals surface area contributed by atoms with Crippen molar-refractivity contribution in [1.82, 2.24) is 29.6 Å². The van der Waals surface area contributed by atoms with Gasteiger partial charge in [0.1, 0.15) is 0 Å². The highest BCUT2D eigenvalue weighted by atomic mass is 16.2. The molecule has 1 aliphatic heterocycles. The van der Waals surface area contributed by atoms with Gasteiger partial charge in [-0.15, -0.1) is 0 Å². The first-order valence-electron chi connectivity index (χ1n) is 10.2. The van der Waals surface area contributed by atoms with E-state index in [0.717, 1.165) is 42.2 Å². The quantitative estimate of drug-likeness (QED) is 0.571. The molecule has 8 heteroatoms. The van der Waals surface area contributed by atoms with E-state index >= 15 is 0 Å². The number of para-hydroxylation sites is 2. The number of benzene rings is 1. The first kappa shape index (κ1) is 18.4. The van der Waals surface area contributed by atoms with Gasteiger partial charge in [-0.25, -0.2) is 14.6 Å². The Balaban J connectivity index is 1.32. The molecule has 30 heavy (non-hydrogen) atoms. The van der Waals surface area contributed by atoms with Crippen LogP contribution in [0.2, 0.25) is 0 Å². The van der Waals surface area contributed by atoms with Crippen molar-refractivity contribution in [2.75, 3.05) is 31.1 Å². The number of imidazole rings is 1. The number of pyridine rings is 1. The number of hydrogen-bond acceptors (Lipinski definition) is 5. The van der Waals surface area contributed by atoms with E-state index in [-0.39, 0.29) is 5.91 Å². The van der Waals surface area contributed by atoms with Crippen molar-refractivity contribution in [3.8, 4) is 5.82 Å².